The highest BCUT2D eigenvalue weighted by Crippen LogP contribution is 2.27. The number of amides is 2. The molecule has 1 saturated heterocycles. The molecule has 2 aromatic carbocycles. The lowest BCUT2D eigenvalue weighted by molar-refractivity contribution is -0.121. The van der Waals surface area contributed by atoms with E-state index in [9.17, 15) is 9.59 Å². The zero-order chi connectivity index (χ0) is 23.4. The fourth-order valence-corrected chi connectivity index (χ4v) is 4.15. The van der Waals surface area contributed by atoms with Crippen LogP contribution in [0.1, 0.15) is 27.5 Å². The molecule has 1 fully saturated rings. The largest absolute Gasteiger partial charge is 0.366 e. The van der Waals surface area contributed by atoms with Crippen molar-refractivity contribution in [2.45, 2.75) is 13.0 Å². The van der Waals surface area contributed by atoms with E-state index >= 15 is 0 Å². The SMILES string of the molecule is Cc1ccc(NC(=O)C(c2ccccc2)N2CCN(c3ccc(C(N)=O)cn3)CC2)cc1Cl. The van der Waals surface area contributed by atoms with E-state index in [4.69, 9.17) is 17.3 Å². The lowest BCUT2D eigenvalue weighted by Crippen LogP contribution is -2.50. The maximum Gasteiger partial charge on any atom is 0.250 e. The van der Waals surface area contributed by atoms with Crippen LogP contribution >= 0.6 is 11.6 Å². The van der Waals surface area contributed by atoms with E-state index in [1.807, 2.05) is 49.4 Å². The highest BCUT2D eigenvalue weighted by atomic mass is 35.5. The standard InChI is InChI=1S/C25H26ClN5O2/c1-17-7-9-20(15-21(17)26)29-25(33)23(18-5-3-2-4-6-18)31-13-11-30(12-14-31)22-10-8-19(16-28-22)24(27)32/h2-10,15-16,23H,11-14H2,1H3,(H2,27,32)(H,29,33). The lowest BCUT2D eigenvalue weighted by atomic mass is 10.0. The minimum atomic E-state index is -0.495. The van der Waals surface area contributed by atoms with Gasteiger partial charge in [0.25, 0.3) is 0 Å². The topological polar surface area (TPSA) is 91.6 Å². The number of halogens is 1. The maximum absolute atomic E-state index is 13.4. The number of pyridine rings is 1. The molecule has 1 aromatic heterocycles. The van der Waals surface area contributed by atoms with Crippen molar-refractivity contribution in [1.29, 1.82) is 0 Å². The van der Waals surface area contributed by atoms with Crippen molar-refractivity contribution in [3.05, 3.63) is 88.6 Å². The second-order valence-electron chi connectivity index (χ2n) is 8.06. The predicted molar refractivity (Wildman–Crippen MR) is 131 cm³/mol. The first kappa shape index (κ1) is 22.8. The number of primary amides is 1. The first-order valence-electron chi connectivity index (χ1n) is 10.8. The Bertz CT molecular complexity index is 1130. The van der Waals surface area contributed by atoms with Crippen molar-refractivity contribution in [2.75, 3.05) is 36.4 Å². The number of aryl methyl sites for hydroxylation is 1. The van der Waals surface area contributed by atoms with Crippen molar-refractivity contribution in [3.63, 3.8) is 0 Å². The van der Waals surface area contributed by atoms with Crippen LogP contribution in [-0.2, 0) is 4.79 Å². The Morgan fingerprint density at radius 2 is 1.76 bits per heavy atom. The van der Waals surface area contributed by atoms with Crippen LogP contribution in [0.3, 0.4) is 0 Å². The quantitative estimate of drug-likeness (QED) is 0.582. The van der Waals surface area contributed by atoms with Gasteiger partial charge in [0.15, 0.2) is 0 Å². The summed E-state index contributed by atoms with van der Waals surface area (Å²) >= 11 is 6.25. The van der Waals surface area contributed by atoms with Gasteiger partial charge in [0.05, 0.1) is 5.56 Å². The number of hydrogen-bond donors (Lipinski definition) is 2. The minimum absolute atomic E-state index is 0.0986. The number of aromatic nitrogens is 1. The second kappa shape index (κ2) is 10.0. The minimum Gasteiger partial charge on any atom is -0.366 e. The Balaban J connectivity index is 1.49. The van der Waals surface area contributed by atoms with E-state index in [1.54, 1.807) is 18.2 Å². The van der Waals surface area contributed by atoms with Gasteiger partial charge < -0.3 is 16.0 Å². The second-order valence-corrected chi connectivity index (χ2v) is 8.47. The Morgan fingerprint density at radius 3 is 2.36 bits per heavy atom. The van der Waals surface area contributed by atoms with Gasteiger partial charge in [0.1, 0.15) is 11.9 Å². The molecule has 2 heterocycles. The average Bonchev–Trinajstić information content (AvgIpc) is 2.83. The van der Waals surface area contributed by atoms with Crippen LogP contribution < -0.4 is 16.0 Å². The molecule has 0 spiro atoms. The average molecular weight is 464 g/mol. The van der Waals surface area contributed by atoms with Gasteiger partial charge in [-0.3, -0.25) is 14.5 Å². The number of nitrogens with zero attached hydrogens (tertiary/aromatic N) is 3. The monoisotopic (exact) mass is 463 g/mol. The molecule has 8 heteroatoms. The predicted octanol–water partition coefficient (Wildman–Crippen LogP) is 3.64. The summed E-state index contributed by atoms with van der Waals surface area (Å²) < 4.78 is 0. The van der Waals surface area contributed by atoms with Gasteiger partial charge >= 0.3 is 0 Å². The molecule has 4 rings (SSSR count). The molecule has 1 unspecified atom stereocenters. The van der Waals surface area contributed by atoms with Crippen LogP contribution in [0.2, 0.25) is 5.02 Å². The van der Waals surface area contributed by atoms with Crippen LogP contribution in [0.15, 0.2) is 66.9 Å². The van der Waals surface area contributed by atoms with E-state index in [0.29, 0.717) is 42.5 Å². The van der Waals surface area contributed by atoms with Gasteiger partial charge in [-0.25, -0.2) is 4.98 Å². The Kier molecular flexibility index (Phi) is 6.91. The normalized spacial score (nSPS) is 15.2. The number of rotatable bonds is 6. The van der Waals surface area contributed by atoms with Gasteiger partial charge in [-0.15, -0.1) is 0 Å². The van der Waals surface area contributed by atoms with E-state index in [1.165, 1.54) is 6.20 Å². The van der Waals surface area contributed by atoms with Gasteiger partial charge in [-0.05, 0) is 42.3 Å². The van der Waals surface area contributed by atoms with Crippen molar-refractivity contribution < 1.29 is 9.59 Å². The highest BCUT2D eigenvalue weighted by Gasteiger charge is 2.31. The molecular formula is C25H26ClN5O2. The summed E-state index contributed by atoms with van der Waals surface area (Å²) in [5, 5.41) is 3.65. The number of nitrogens with two attached hydrogens (primary N) is 1. The fourth-order valence-electron chi connectivity index (χ4n) is 3.97. The molecular weight excluding hydrogens is 438 g/mol. The summed E-state index contributed by atoms with van der Waals surface area (Å²) in [5.41, 5.74) is 8.26. The third-order valence-electron chi connectivity index (χ3n) is 5.84. The zero-order valence-corrected chi connectivity index (χ0v) is 19.1. The number of benzene rings is 2. The highest BCUT2D eigenvalue weighted by molar-refractivity contribution is 6.31. The molecule has 3 aromatic rings. The van der Waals surface area contributed by atoms with E-state index < -0.39 is 11.9 Å². The molecule has 3 N–H and O–H groups in total. The summed E-state index contributed by atoms with van der Waals surface area (Å²) in [6.07, 6.45) is 1.50. The number of carbonyl (C=O) groups is 2. The van der Waals surface area contributed by atoms with E-state index in [2.05, 4.69) is 20.1 Å². The van der Waals surface area contributed by atoms with E-state index in [-0.39, 0.29) is 5.91 Å². The van der Waals surface area contributed by atoms with Gasteiger partial charge in [0.2, 0.25) is 11.8 Å². The van der Waals surface area contributed by atoms with E-state index in [0.717, 1.165) is 16.9 Å². The Labute approximate surface area is 198 Å². The van der Waals surface area contributed by atoms with Crippen LogP contribution in [-0.4, -0.2) is 47.9 Å². The molecule has 33 heavy (non-hydrogen) atoms. The molecule has 7 nitrogen and oxygen atoms in total. The summed E-state index contributed by atoms with van der Waals surface area (Å²) in [6, 6.07) is 18.4. The van der Waals surface area contributed by atoms with Crippen LogP contribution in [0, 0.1) is 6.92 Å². The lowest BCUT2D eigenvalue weighted by Gasteiger charge is -2.39. The summed E-state index contributed by atoms with van der Waals surface area (Å²) in [4.78, 5) is 33.4. The molecule has 1 atom stereocenters. The zero-order valence-electron chi connectivity index (χ0n) is 18.4. The Morgan fingerprint density at radius 1 is 1.03 bits per heavy atom. The first-order valence-corrected chi connectivity index (χ1v) is 11.2. The maximum atomic E-state index is 13.4. The van der Waals surface area contributed by atoms with Gasteiger partial charge in [-0.1, -0.05) is 48.0 Å². The van der Waals surface area contributed by atoms with Crippen molar-refractivity contribution in [1.82, 2.24) is 9.88 Å². The third kappa shape index (κ3) is 5.32. The van der Waals surface area contributed by atoms with Crippen LogP contribution in [0.5, 0.6) is 0 Å². The van der Waals surface area contributed by atoms with Crippen LogP contribution in [0.4, 0.5) is 11.5 Å². The number of anilines is 2. The third-order valence-corrected chi connectivity index (χ3v) is 6.25. The summed E-state index contributed by atoms with van der Waals surface area (Å²) in [6.45, 7) is 4.70. The van der Waals surface area contributed by atoms with Crippen molar-refractivity contribution in [2.24, 2.45) is 5.73 Å². The van der Waals surface area contributed by atoms with Crippen molar-refractivity contribution in [3.8, 4) is 0 Å². The fraction of sp³-hybridized carbons (Fsp3) is 0.240. The number of nitrogens with one attached hydrogen (secondary N) is 1. The molecule has 0 saturated carbocycles. The number of piperazine rings is 1. The summed E-state index contributed by atoms with van der Waals surface area (Å²) in [7, 11) is 0. The Hall–Kier alpha value is -3.42. The van der Waals surface area contributed by atoms with Crippen LogP contribution in [0.25, 0.3) is 0 Å². The number of hydrogen-bond acceptors (Lipinski definition) is 5. The molecule has 1 aliphatic rings. The molecule has 1 aliphatic heterocycles. The summed E-state index contributed by atoms with van der Waals surface area (Å²) in [5.74, 6) is 0.193. The number of carbonyl (C=O) groups excluding carboxylic acids is 2. The first-order chi connectivity index (χ1) is 15.9. The molecule has 170 valence electrons. The smallest absolute Gasteiger partial charge is 0.250 e. The molecule has 0 aliphatic carbocycles. The van der Waals surface area contributed by atoms with Crippen molar-refractivity contribution >= 4 is 34.9 Å². The molecule has 0 bridgehead atoms. The van der Waals surface area contributed by atoms with Gasteiger partial charge in [0, 0.05) is 43.1 Å². The molecule has 2 amide bonds. The van der Waals surface area contributed by atoms with Gasteiger partial charge in [-0.2, -0.15) is 0 Å². The molecule has 0 radical (unpaired) electrons.